The van der Waals surface area contributed by atoms with Crippen LogP contribution in [0.25, 0.3) is 0 Å². The zero-order chi connectivity index (χ0) is 12.6. The Balaban J connectivity index is 2.32. The summed E-state index contributed by atoms with van der Waals surface area (Å²) in [5.41, 5.74) is 7.13. The second kappa shape index (κ2) is 4.04. The number of anilines is 1. The van der Waals surface area contributed by atoms with Crippen LogP contribution in [0.2, 0.25) is 0 Å². The lowest BCUT2D eigenvalue weighted by Gasteiger charge is -2.23. The van der Waals surface area contributed by atoms with Crippen LogP contribution in [0.1, 0.15) is 18.4 Å². The first-order valence-corrected chi connectivity index (χ1v) is 5.69. The summed E-state index contributed by atoms with van der Waals surface area (Å²) >= 11 is 0. The summed E-state index contributed by atoms with van der Waals surface area (Å²) in [6.07, 6.45) is 1.54. The van der Waals surface area contributed by atoms with E-state index in [0.29, 0.717) is 5.75 Å². The first kappa shape index (κ1) is 11.9. The van der Waals surface area contributed by atoms with Crippen molar-refractivity contribution in [3.05, 3.63) is 23.8 Å². The van der Waals surface area contributed by atoms with Crippen LogP contribution in [0.4, 0.5) is 5.69 Å². The zero-order valence-electron chi connectivity index (χ0n) is 10.5. The Labute approximate surface area is 101 Å². The molecule has 0 spiro atoms. The number of carbonyl (C=O) groups is 1. The third-order valence-corrected chi connectivity index (χ3v) is 3.21. The second-order valence-electron chi connectivity index (χ2n) is 4.70. The lowest BCUT2D eigenvalue weighted by atomic mass is 10.1. The molecule has 4 heteroatoms. The molecular weight excluding hydrogens is 216 g/mol. The van der Waals surface area contributed by atoms with Gasteiger partial charge in [-0.1, -0.05) is 6.07 Å². The molecule has 1 fully saturated rings. The third-order valence-electron chi connectivity index (χ3n) is 3.21. The summed E-state index contributed by atoms with van der Waals surface area (Å²) in [6, 6.07) is 5.75. The van der Waals surface area contributed by atoms with Crippen molar-refractivity contribution in [2.45, 2.75) is 25.3 Å². The molecule has 1 amide bonds. The molecule has 0 radical (unpaired) electrons. The fourth-order valence-electron chi connectivity index (χ4n) is 1.85. The highest BCUT2D eigenvalue weighted by atomic mass is 16.5. The number of hydrogen-bond donors (Lipinski definition) is 1. The molecule has 4 nitrogen and oxygen atoms in total. The van der Waals surface area contributed by atoms with E-state index in [-0.39, 0.29) is 5.91 Å². The minimum absolute atomic E-state index is 0.0404. The number of methoxy groups -OCH3 is 1. The first-order valence-electron chi connectivity index (χ1n) is 5.69. The van der Waals surface area contributed by atoms with Crippen molar-refractivity contribution in [3.63, 3.8) is 0 Å². The molecule has 0 atom stereocenters. The van der Waals surface area contributed by atoms with Crippen LogP contribution in [0, 0.1) is 6.92 Å². The summed E-state index contributed by atoms with van der Waals surface area (Å²) in [7, 11) is 3.34. The normalized spacial score (nSPS) is 16.5. The molecule has 2 N–H and O–H groups in total. The predicted molar refractivity (Wildman–Crippen MR) is 67.3 cm³/mol. The number of hydrogen-bond acceptors (Lipinski definition) is 3. The van der Waals surface area contributed by atoms with Crippen LogP contribution in [0.5, 0.6) is 5.75 Å². The highest BCUT2D eigenvalue weighted by Gasteiger charge is 2.48. The molecular formula is C13H18N2O2. The van der Waals surface area contributed by atoms with Gasteiger partial charge in [0.1, 0.15) is 5.75 Å². The van der Waals surface area contributed by atoms with E-state index in [2.05, 4.69) is 0 Å². The molecule has 0 heterocycles. The summed E-state index contributed by atoms with van der Waals surface area (Å²) in [4.78, 5) is 13.7. The molecule has 2 rings (SSSR count). The molecule has 1 aliphatic rings. The van der Waals surface area contributed by atoms with Gasteiger partial charge in [-0.05, 0) is 37.5 Å². The average Bonchev–Trinajstić information content (AvgIpc) is 3.06. The van der Waals surface area contributed by atoms with E-state index < -0.39 is 5.54 Å². The lowest BCUT2D eigenvalue weighted by molar-refractivity contribution is -0.120. The van der Waals surface area contributed by atoms with E-state index in [9.17, 15) is 4.79 Å². The largest absolute Gasteiger partial charge is 0.495 e. The Hall–Kier alpha value is -1.55. The van der Waals surface area contributed by atoms with Crippen LogP contribution < -0.4 is 15.4 Å². The molecule has 1 aromatic rings. The third kappa shape index (κ3) is 2.13. The monoisotopic (exact) mass is 234 g/mol. The highest BCUT2D eigenvalue weighted by molar-refractivity contribution is 6.02. The molecule has 0 saturated heterocycles. The van der Waals surface area contributed by atoms with Gasteiger partial charge in [-0.25, -0.2) is 0 Å². The van der Waals surface area contributed by atoms with Gasteiger partial charge in [0, 0.05) is 7.05 Å². The number of benzene rings is 1. The topological polar surface area (TPSA) is 55.6 Å². The predicted octanol–water partition coefficient (Wildman–Crippen LogP) is 1.46. The van der Waals surface area contributed by atoms with Crippen molar-refractivity contribution in [1.29, 1.82) is 0 Å². The SMILES string of the molecule is COc1ccc(C)cc1N(C)C(=O)C1(N)CC1. The van der Waals surface area contributed by atoms with Gasteiger partial charge in [0.25, 0.3) is 0 Å². The molecule has 92 valence electrons. The first-order chi connectivity index (χ1) is 7.98. The van der Waals surface area contributed by atoms with Crippen LogP contribution in [-0.2, 0) is 4.79 Å². The quantitative estimate of drug-likeness (QED) is 0.861. The zero-order valence-corrected chi connectivity index (χ0v) is 10.5. The summed E-state index contributed by atoms with van der Waals surface area (Å²) < 4.78 is 5.27. The highest BCUT2D eigenvalue weighted by Crippen LogP contribution is 2.37. The van der Waals surface area contributed by atoms with E-state index in [1.54, 1.807) is 19.1 Å². The lowest BCUT2D eigenvalue weighted by Crippen LogP contribution is -2.44. The van der Waals surface area contributed by atoms with Crippen molar-refractivity contribution >= 4 is 11.6 Å². The van der Waals surface area contributed by atoms with Crippen LogP contribution >= 0.6 is 0 Å². The summed E-state index contributed by atoms with van der Waals surface area (Å²) in [5, 5.41) is 0. The maximum atomic E-state index is 12.2. The van der Waals surface area contributed by atoms with Gasteiger partial charge < -0.3 is 15.4 Å². The smallest absolute Gasteiger partial charge is 0.246 e. The van der Waals surface area contributed by atoms with Crippen molar-refractivity contribution in [2.75, 3.05) is 19.1 Å². The Morgan fingerprint density at radius 2 is 2.12 bits per heavy atom. The second-order valence-corrected chi connectivity index (χ2v) is 4.70. The molecule has 1 saturated carbocycles. The molecule has 1 aliphatic carbocycles. The Kier molecular flexibility index (Phi) is 2.83. The number of rotatable bonds is 3. The number of aryl methyl sites for hydroxylation is 1. The number of nitrogens with zero attached hydrogens (tertiary/aromatic N) is 1. The van der Waals surface area contributed by atoms with Gasteiger partial charge in [0.05, 0.1) is 18.3 Å². The van der Waals surface area contributed by atoms with Crippen LogP contribution in [0.3, 0.4) is 0 Å². The Morgan fingerprint density at radius 1 is 1.47 bits per heavy atom. The van der Waals surface area contributed by atoms with E-state index in [1.165, 1.54) is 0 Å². The Bertz CT molecular complexity index is 453. The van der Waals surface area contributed by atoms with E-state index >= 15 is 0 Å². The van der Waals surface area contributed by atoms with Gasteiger partial charge in [0.15, 0.2) is 0 Å². The van der Waals surface area contributed by atoms with Gasteiger partial charge in [-0.15, -0.1) is 0 Å². The van der Waals surface area contributed by atoms with Gasteiger partial charge in [-0.3, -0.25) is 4.79 Å². The van der Waals surface area contributed by atoms with Crippen molar-refractivity contribution in [2.24, 2.45) is 5.73 Å². The number of ether oxygens (including phenoxy) is 1. The number of nitrogens with two attached hydrogens (primary N) is 1. The summed E-state index contributed by atoms with van der Waals surface area (Å²) in [5.74, 6) is 0.650. The van der Waals surface area contributed by atoms with Crippen LogP contribution in [-0.4, -0.2) is 25.6 Å². The summed E-state index contributed by atoms with van der Waals surface area (Å²) in [6.45, 7) is 1.98. The van der Waals surface area contributed by atoms with E-state index in [1.807, 2.05) is 25.1 Å². The Morgan fingerprint density at radius 3 is 2.65 bits per heavy atom. The minimum Gasteiger partial charge on any atom is -0.495 e. The number of amides is 1. The van der Waals surface area contributed by atoms with Crippen LogP contribution in [0.15, 0.2) is 18.2 Å². The molecule has 17 heavy (non-hydrogen) atoms. The van der Waals surface area contributed by atoms with Crippen molar-refractivity contribution in [3.8, 4) is 5.75 Å². The van der Waals surface area contributed by atoms with E-state index in [4.69, 9.17) is 10.5 Å². The molecule has 0 aromatic heterocycles. The molecule has 0 aliphatic heterocycles. The number of carbonyl (C=O) groups excluding carboxylic acids is 1. The maximum Gasteiger partial charge on any atom is 0.246 e. The van der Waals surface area contributed by atoms with Crippen molar-refractivity contribution < 1.29 is 9.53 Å². The standard InChI is InChI=1S/C13H18N2O2/c1-9-4-5-11(17-3)10(8-9)15(2)12(16)13(14)6-7-13/h4-5,8H,6-7,14H2,1-3H3. The molecule has 0 unspecified atom stereocenters. The van der Waals surface area contributed by atoms with Gasteiger partial charge >= 0.3 is 0 Å². The number of likely N-dealkylation sites (N-methyl/N-ethyl adjacent to an activating group) is 1. The average molecular weight is 234 g/mol. The van der Waals surface area contributed by atoms with Gasteiger partial charge in [-0.2, -0.15) is 0 Å². The minimum atomic E-state index is -0.649. The molecule has 0 bridgehead atoms. The van der Waals surface area contributed by atoms with E-state index in [0.717, 1.165) is 24.1 Å². The van der Waals surface area contributed by atoms with Crippen molar-refractivity contribution in [1.82, 2.24) is 0 Å². The van der Waals surface area contributed by atoms with Gasteiger partial charge in [0.2, 0.25) is 5.91 Å². The fraction of sp³-hybridized carbons (Fsp3) is 0.462. The maximum absolute atomic E-state index is 12.2. The fourth-order valence-corrected chi connectivity index (χ4v) is 1.85. The molecule has 1 aromatic carbocycles.